The van der Waals surface area contributed by atoms with Crippen LogP contribution in [0.25, 0.3) is 11.4 Å². The molecule has 134 valence electrons. The van der Waals surface area contributed by atoms with Crippen molar-refractivity contribution in [1.29, 1.82) is 0 Å². The van der Waals surface area contributed by atoms with Gasteiger partial charge in [-0.2, -0.15) is 0 Å². The van der Waals surface area contributed by atoms with E-state index in [0.717, 1.165) is 55.0 Å². The summed E-state index contributed by atoms with van der Waals surface area (Å²) in [7, 11) is 0. The summed E-state index contributed by atoms with van der Waals surface area (Å²) >= 11 is 0. The van der Waals surface area contributed by atoms with Crippen molar-refractivity contribution >= 4 is 11.7 Å². The smallest absolute Gasteiger partial charge is 0.239 e. The maximum absolute atomic E-state index is 12.4. The molecule has 0 aromatic carbocycles. The van der Waals surface area contributed by atoms with Crippen LogP contribution >= 0.6 is 0 Å². The van der Waals surface area contributed by atoms with Gasteiger partial charge in [0.05, 0.1) is 12.6 Å². The summed E-state index contributed by atoms with van der Waals surface area (Å²) in [6.07, 6.45) is 11.3. The van der Waals surface area contributed by atoms with Crippen LogP contribution in [0.5, 0.6) is 0 Å². The molecule has 2 aliphatic carbocycles. The zero-order chi connectivity index (χ0) is 17.5. The highest BCUT2D eigenvalue weighted by atomic mass is 16.2. The normalized spacial score (nSPS) is 24.8. The van der Waals surface area contributed by atoms with E-state index in [4.69, 9.17) is 9.97 Å². The number of carbonyl (C=O) groups is 1. The second-order valence-corrected chi connectivity index (χ2v) is 7.54. The molecule has 0 unspecified atom stereocenters. The van der Waals surface area contributed by atoms with Gasteiger partial charge in [-0.05, 0) is 44.2 Å². The highest BCUT2D eigenvalue weighted by molar-refractivity contribution is 5.84. The summed E-state index contributed by atoms with van der Waals surface area (Å²) in [6.45, 7) is 0.403. The number of rotatable bonds is 2. The molecule has 6 nitrogen and oxygen atoms in total. The van der Waals surface area contributed by atoms with Crippen molar-refractivity contribution in [2.45, 2.75) is 57.0 Å². The molecule has 2 aromatic heterocycles. The van der Waals surface area contributed by atoms with Crippen molar-refractivity contribution in [2.24, 2.45) is 0 Å². The van der Waals surface area contributed by atoms with Crippen LogP contribution in [0.2, 0.25) is 0 Å². The first kappa shape index (κ1) is 15.7. The Kier molecular flexibility index (Phi) is 3.84. The molecule has 2 atom stereocenters. The van der Waals surface area contributed by atoms with Crippen molar-refractivity contribution in [3.8, 4) is 11.4 Å². The summed E-state index contributed by atoms with van der Waals surface area (Å²) in [4.78, 5) is 28.5. The number of nitrogens with one attached hydrogen (secondary N) is 1. The number of aromatic nitrogens is 3. The molecule has 0 bridgehead atoms. The van der Waals surface area contributed by atoms with E-state index in [2.05, 4.69) is 15.2 Å². The number of nitrogens with zero attached hydrogens (tertiary/aromatic N) is 4. The fraction of sp³-hybridized carbons (Fsp3) is 0.500. The molecule has 1 aliphatic heterocycles. The predicted molar refractivity (Wildman–Crippen MR) is 98.8 cm³/mol. The van der Waals surface area contributed by atoms with Crippen LogP contribution in [-0.4, -0.2) is 39.5 Å². The lowest BCUT2D eigenvalue weighted by molar-refractivity contribution is -0.122. The monoisotopic (exact) mass is 349 g/mol. The summed E-state index contributed by atoms with van der Waals surface area (Å²) < 4.78 is 0. The molecule has 5 rings (SSSR count). The molecule has 1 saturated carbocycles. The van der Waals surface area contributed by atoms with E-state index in [1.54, 1.807) is 12.4 Å². The Labute approximate surface area is 153 Å². The number of anilines is 1. The Hall–Kier alpha value is -2.50. The van der Waals surface area contributed by atoms with Crippen LogP contribution in [0.1, 0.15) is 43.4 Å². The second kappa shape index (κ2) is 6.34. The second-order valence-electron chi connectivity index (χ2n) is 7.54. The number of pyridine rings is 1. The van der Waals surface area contributed by atoms with Gasteiger partial charge in [0.1, 0.15) is 5.82 Å². The van der Waals surface area contributed by atoms with Crippen LogP contribution in [0.4, 0.5) is 5.82 Å². The highest BCUT2D eigenvalue weighted by Crippen LogP contribution is 2.36. The lowest BCUT2D eigenvalue weighted by Gasteiger charge is -2.45. The van der Waals surface area contributed by atoms with Gasteiger partial charge in [-0.1, -0.05) is 12.8 Å². The standard InChI is InChI=1S/C20H23N5O/c26-18-12-25(17-7-2-1-5-16(17)22-18)20-14-4-3-6-15(14)23-19(24-20)13-8-10-21-11-9-13/h8-11,16-17H,1-7,12H2,(H,22,26)/t16-,17+/m0/s1. The van der Waals surface area contributed by atoms with Crippen molar-refractivity contribution in [1.82, 2.24) is 20.3 Å². The van der Waals surface area contributed by atoms with E-state index in [1.807, 2.05) is 12.1 Å². The Morgan fingerprint density at radius 2 is 1.88 bits per heavy atom. The number of hydrogen-bond donors (Lipinski definition) is 1. The molecule has 3 aliphatic rings. The lowest BCUT2D eigenvalue weighted by atomic mass is 9.87. The highest BCUT2D eigenvalue weighted by Gasteiger charge is 2.38. The minimum absolute atomic E-state index is 0.115. The Bertz CT molecular complexity index is 838. The van der Waals surface area contributed by atoms with Crippen LogP contribution in [0.15, 0.2) is 24.5 Å². The lowest BCUT2D eigenvalue weighted by Crippen LogP contribution is -2.62. The fourth-order valence-corrected chi connectivity index (χ4v) is 4.69. The molecule has 26 heavy (non-hydrogen) atoms. The molecule has 6 heteroatoms. The maximum atomic E-state index is 12.4. The first-order valence-electron chi connectivity index (χ1n) is 9.66. The zero-order valence-corrected chi connectivity index (χ0v) is 14.8. The van der Waals surface area contributed by atoms with Crippen LogP contribution in [0.3, 0.4) is 0 Å². The topological polar surface area (TPSA) is 71.0 Å². The zero-order valence-electron chi connectivity index (χ0n) is 14.8. The number of piperazine rings is 1. The average molecular weight is 349 g/mol. The predicted octanol–water partition coefficient (Wildman–Crippen LogP) is 2.27. The third kappa shape index (κ3) is 2.64. The summed E-state index contributed by atoms with van der Waals surface area (Å²) in [5.74, 6) is 1.86. The van der Waals surface area contributed by atoms with Gasteiger partial charge < -0.3 is 10.2 Å². The number of hydrogen-bond acceptors (Lipinski definition) is 5. The largest absolute Gasteiger partial charge is 0.350 e. The first-order valence-corrected chi connectivity index (χ1v) is 9.66. The number of carbonyl (C=O) groups excluding carboxylic acids is 1. The summed E-state index contributed by atoms with van der Waals surface area (Å²) in [6, 6.07) is 4.51. The van der Waals surface area contributed by atoms with Crippen molar-refractivity contribution < 1.29 is 4.79 Å². The molecular formula is C20H23N5O. The maximum Gasteiger partial charge on any atom is 0.239 e. The van der Waals surface area contributed by atoms with E-state index in [0.29, 0.717) is 12.6 Å². The quantitative estimate of drug-likeness (QED) is 0.901. The van der Waals surface area contributed by atoms with Crippen molar-refractivity contribution in [2.75, 3.05) is 11.4 Å². The van der Waals surface area contributed by atoms with E-state index in [1.165, 1.54) is 18.4 Å². The first-order chi connectivity index (χ1) is 12.8. The molecule has 3 heterocycles. The third-order valence-electron chi connectivity index (χ3n) is 5.91. The minimum Gasteiger partial charge on any atom is -0.350 e. The van der Waals surface area contributed by atoms with Crippen molar-refractivity contribution in [3.63, 3.8) is 0 Å². The molecule has 1 amide bonds. The van der Waals surface area contributed by atoms with E-state index in [-0.39, 0.29) is 11.9 Å². The van der Waals surface area contributed by atoms with Crippen LogP contribution in [0, 0.1) is 0 Å². The molecule has 0 spiro atoms. The van der Waals surface area contributed by atoms with Gasteiger partial charge in [-0.3, -0.25) is 9.78 Å². The van der Waals surface area contributed by atoms with Crippen LogP contribution < -0.4 is 10.2 Å². The summed E-state index contributed by atoms with van der Waals surface area (Å²) in [5, 5.41) is 3.20. The molecule has 1 N–H and O–H groups in total. The molecule has 2 aromatic rings. The number of amides is 1. The Morgan fingerprint density at radius 1 is 1.04 bits per heavy atom. The molecule has 1 saturated heterocycles. The average Bonchev–Trinajstić information content (AvgIpc) is 3.16. The minimum atomic E-state index is 0.115. The Balaban J connectivity index is 1.61. The SMILES string of the molecule is O=C1CN(c2nc(-c3ccncc3)nc3c2CCC3)[C@@H]2CCCC[C@@H]2N1. The van der Waals surface area contributed by atoms with Gasteiger partial charge in [0.25, 0.3) is 0 Å². The van der Waals surface area contributed by atoms with Gasteiger partial charge in [0.2, 0.25) is 5.91 Å². The van der Waals surface area contributed by atoms with Gasteiger partial charge in [0.15, 0.2) is 5.82 Å². The van der Waals surface area contributed by atoms with Gasteiger partial charge >= 0.3 is 0 Å². The molecule has 0 radical (unpaired) electrons. The Morgan fingerprint density at radius 3 is 2.77 bits per heavy atom. The summed E-state index contributed by atoms with van der Waals surface area (Å²) in [5.41, 5.74) is 3.39. The van der Waals surface area contributed by atoms with Gasteiger partial charge in [-0.15, -0.1) is 0 Å². The fourth-order valence-electron chi connectivity index (χ4n) is 4.69. The molecule has 2 fully saturated rings. The van der Waals surface area contributed by atoms with Crippen molar-refractivity contribution in [3.05, 3.63) is 35.8 Å². The van der Waals surface area contributed by atoms with E-state index >= 15 is 0 Å². The van der Waals surface area contributed by atoms with Gasteiger partial charge in [-0.25, -0.2) is 9.97 Å². The van der Waals surface area contributed by atoms with E-state index in [9.17, 15) is 4.79 Å². The number of aryl methyl sites for hydroxylation is 1. The number of fused-ring (bicyclic) bond motifs is 2. The van der Waals surface area contributed by atoms with Crippen LogP contribution in [-0.2, 0) is 17.6 Å². The molecular weight excluding hydrogens is 326 g/mol. The van der Waals surface area contributed by atoms with E-state index < -0.39 is 0 Å². The third-order valence-corrected chi connectivity index (χ3v) is 5.91. The van der Waals surface area contributed by atoms with Gasteiger partial charge in [0, 0.05) is 35.3 Å².